The molecule has 140 valence electrons. The Hall–Kier alpha value is -1.99. The molecule has 1 fully saturated rings. The van der Waals surface area contributed by atoms with E-state index in [0.29, 0.717) is 37.0 Å². The molecule has 1 saturated heterocycles. The van der Waals surface area contributed by atoms with Crippen LogP contribution in [0.25, 0.3) is 0 Å². The summed E-state index contributed by atoms with van der Waals surface area (Å²) in [7, 11) is 0. The minimum Gasteiger partial charge on any atom is -0.378 e. The normalized spacial score (nSPS) is 21.0. The maximum Gasteiger partial charge on any atom is 0.254 e. The summed E-state index contributed by atoms with van der Waals surface area (Å²) < 4.78 is 18.7. The van der Waals surface area contributed by atoms with E-state index >= 15 is 0 Å². The van der Waals surface area contributed by atoms with E-state index in [2.05, 4.69) is 12.2 Å². The molecular weight excluding hydrogens is 353 g/mol. The Morgan fingerprint density at radius 1 is 1.31 bits per heavy atom. The lowest BCUT2D eigenvalue weighted by Crippen LogP contribution is -2.51. The summed E-state index contributed by atoms with van der Waals surface area (Å²) in [6, 6.07) is 5.83. The van der Waals surface area contributed by atoms with Crippen LogP contribution in [0.15, 0.2) is 35.5 Å². The highest BCUT2D eigenvalue weighted by Crippen LogP contribution is 2.32. The lowest BCUT2D eigenvalue weighted by molar-refractivity contribution is -0.131. The molecule has 0 saturated carbocycles. The summed E-state index contributed by atoms with van der Waals surface area (Å²) in [5, 5.41) is 3.88. The third kappa shape index (κ3) is 3.73. The smallest absolute Gasteiger partial charge is 0.254 e. The Bertz CT molecular complexity index is 714. The van der Waals surface area contributed by atoms with Crippen LogP contribution in [0.3, 0.4) is 0 Å². The third-order valence-corrected chi connectivity index (χ3v) is 5.11. The van der Waals surface area contributed by atoms with Crippen LogP contribution >= 0.6 is 12.2 Å². The van der Waals surface area contributed by atoms with Crippen molar-refractivity contribution >= 4 is 23.2 Å². The fraction of sp³-hybridized carbons (Fsp3) is 0.474. The van der Waals surface area contributed by atoms with Crippen LogP contribution in [-0.2, 0) is 9.53 Å². The Kier molecular flexibility index (Phi) is 5.88. The Morgan fingerprint density at radius 2 is 1.96 bits per heavy atom. The van der Waals surface area contributed by atoms with Crippen LogP contribution in [0, 0.1) is 5.82 Å². The molecule has 2 aliphatic heterocycles. The summed E-state index contributed by atoms with van der Waals surface area (Å²) in [5.41, 5.74) is 2.35. The molecule has 1 atom stereocenters. The maximum atomic E-state index is 13.4. The zero-order chi connectivity index (χ0) is 18.7. The SMILES string of the molecule is CCCN1C(=S)NC(c2ccc(F)cc2)C(C(=O)N2CCOCC2)=C1C. The Morgan fingerprint density at radius 3 is 2.58 bits per heavy atom. The van der Waals surface area contributed by atoms with Gasteiger partial charge < -0.3 is 19.9 Å². The number of rotatable bonds is 4. The molecule has 2 heterocycles. The molecule has 0 spiro atoms. The number of hydrogen-bond donors (Lipinski definition) is 1. The largest absolute Gasteiger partial charge is 0.378 e. The quantitative estimate of drug-likeness (QED) is 0.818. The highest BCUT2D eigenvalue weighted by Gasteiger charge is 2.35. The number of amides is 1. The molecule has 3 rings (SSSR count). The first kappa shape index (κ1) is 18.8. The van der Waals surface area contributed by atoms with Crippen molar-refractivity contribution in [1.29, 1.82) is 0 Å². The fourth-order valence-electron chi connectivity index (χ4n) is 3.39. The molecule has 1 unspecified atom stereocenters. The van der Waals surface area contributed by atoms with Crippen LogP contribution in [0.5, 0.6) is 0 Å². The first-order valence-corrected chi connectivity index (χ1v) is 9.35. The molecule has 2 aliphatic rings. The van der Waals surface area contributed by atoms with E-state index < -0.39 is 0 Å². The number of nitrogens with one attached hydrogen (secondary N) is 1. The van der Waals surface area contributed by atoms with Crippen LogP contribution in [0.1, 0.15) is 31.9 Å². The fourth-order valence-corrected chi connectivity index (χ4v) is 3.74. The van der Waals surface area contributed by atoms with Crippen molar-refractivity contribution in [1.82, 2.24) is 15.1 Å². The van der Waals surface area contributed by atoms with E-state index in [0.717, 1.165) is 24.2 Å². The Balaban J connectivity index is 2.02. The van der Waals surface area contributed by atoms with Crippen molar-refractivity contribution in [3.05, 3.63) is 46.9 Å². The molecule has 7 heteroatoms. The minimum absolute atomic E-state index is 0.0174. The van der Waals surface area contributed by atoms with Crippen molar-refractivity contribution in [2.75, 3.05) is 32.8 Å². The standard InChI is InChI=1S/C19H24FN3O2S/c1-3-8-23-13(2)16(18(24)22-9-11-25-12-10-22)17(21-19(23)26)14-4-6-15(20)7-5-14/h4-7,17H,3,8-12H2,1-2H3,(H,21,26). The van der Waals surface area contributed by atoms with E-state index in [1.807, 2.05) is 16.7 Å². The van der Waals surface area contributed by atoms with Crippen LogP contribution in [0.4, 0.5) is 4.39 Å². The number of allylic oxidation sites excluding steroid dienone is 1. The molecule has 0 radical (unpaired) electrons. The number of halogens is 1. The van der Waals surface area contributed by atoms with Gasteiger partial charge in [0.25, 0.3) is 5.91 Å². The van der Waals surface area contributed by atoms with Crippen molar-refractivity contribution in [3.8, 4) is 0 Å². The first-order valence-electron chi connectivity index (χ1n) is 8.94. The van der Waals surface area contributed by atoms with Crippen molar-refractivity contribution < 1.29 is 13.9 Å². The van der Waals surface area contributed by atoms with E-state index in [9.17, 15) is 9.18 Å². The predicted octanol–water partition coefficient (Wildman–Crippen LogP) is 2.60. The number of carbonyl (C=O) groups excluding carboxylic acids is 1. The number of benzene rings is 1. The number of hydrogen-bond acceptors (Lipinski definition) is 3. The van der Waals surface area contributed by atoms with Gasteiger partial charge in [0.2, 0.25) is 0 Å². The van der Waals surface area contributed by atoms with Gasteiger partial charge >= 0.3 is 0 Å². The number of morpholine rings is 1. The average Bonchev–Trinajstić information content (AvgIpc) is 2.65. The number of thiocarbonyl (C=S) groups is 1. The predicted molar refractivity (Wildman–Crippen MR) is 102 cm³/mol. The zero-order valence-corrected chi connectivity index (χ0v) is 15.9. The monoisotopic (exact) mass is 377 g/mol. The molecule has 5 nitrogen and oxygen atoms in total. The van der Waals surface area contributed by atoms with E-state index in [1.54, 1.807) is 12.1 Å². The highest BCUT2D eigenvalue weighted by atomic mass is 32.1. The molecule has 1 aromatic rings. The lowest BCUT2D eigenvalue weighted by Gasteiger charge is -2.39. The van der Waals surface area contributed by atoms with Gasteiger partial charge in [-0.15, -0.1) is 0 Å². The van der Waals surface area contributed by atoms with Crippen molar-refractivity contribution in [2.24, 2.45) is 0 Å². The number of nitrogens with zero attached hydrogens (tertiary/aromatic N) is 2. The maximum absolute atomic E-state index is 13.4. The lowest BCUT2D eigenvalue weighted by atomic mass is 9.93. The van der Waals surface area contributed by atoms with Crippen molar-refractivity contribution in [3.63, 3.8) is 0 Å². The molecule has 0 bridgehead atoms. The second-order valence-corrected chi connectivity index (χ2v) is 6.88. The van der Waals surface area contributed by atoms with Gasteiger partial charge in [-0.1, -0.05) is 19.1 Å². The number of ether oxygens (including phenoxy) is 1. The summed E-state index contributed by atoms with van der Waals surface area (Å²) in [6.45, 7) is 6.99. The van der Waals surface area contributed by atoms with Crippen LogP contribution < -0.4 is 5.32 Å². The zero-order valence-electron chi connectivity index (χ0n) is 15.1. The van der Waals surface area contributed by atoms with Gasteiger partial charge in [-0.05, 0) is 43.3 Å². The van der Waals surface area contributed by atoms with Gasteiger partial charge in [-0.2, -0.15) is 0 Å². The Labute approximate surface area is 158 Å². The third-order valence-electron chi connectivity index (χ3n) is 4.78. The molecule has 26 heavy (non-hydrogen) atoms. The molecule has 0 aromatic heterocycles. The average molecular weight is 377 g/mol. The number of carbonyl (C=O) groups is 1. The molecular formula is C19H24FN3O2S. The summed E-state index contributed by atoms with van der Waals surface area (Å²) >= 11 is 5.53. The minimum atomic E-state index is -0.383. The summed E-state index contributed by atoms with van der Waals surface area (Å²) in [5.74, 6) is -0.322. The van der Waals surface area contributed by atoms with Crippen LogP contribution in [0.2, 0.25) is 0 Å². The van der Waals surface area contributed by atoms with Gasteiger partial charge in [0.1, 0.15) is 5.82 Å². The first-order chi connectivity index (χ1) is 12.5. The van der Waals surface area contributed by atoms with Crippen LogP contribution in [-0.4, -0.2) is 53.7 Å². The molecule has 1 amide bonds. The highest BCUT2D eigenvalue weighted by molar-refractivity contribution is 7.80. The van der Waals surface area contributed by atoms with E-state index in [4.69, 9.17) is 17.0 Å². The van der Waals surface area contributed by atoms with Gasteiger partial charge in [-0.3, -0.25) is 4.79 Å². The second kappa shape index (κ2) is 8.14. The van der Waals surface area contributed by atoms with Crippen molar-refractivity contribution in [2.45, 2.75) is 26.3 Å². The molecule has 1 N–H and O–H groups in total. The summed E-state index contributed by atoms with van der Waals surface area (Å²) in [4.78, 5) is 17.1. The van der Waals surface area contributed by atoms with Gasteiger partial charge in [-0.25, -0.2) is 4.39 Å². The molecule has 0 aliphatic carbocycles. The van der Waals surface area contributed by atoms with Gasteiger partial charge in [0.15, 0.2) is 5.11 Å². The summed E-state index contributed by atoms with van der Waals surface area (Å²) in [6.07, 6.45) is 0.916. The van der Waals surface area contributed by atoms with Gasteiger partial charge in [0, 0.05) is 25.3 Å². The molecule has 1 aromatic carbocycles. The van der Waals surface area contributed by atoms with Gasteiger partial charge in [0.05, 0.1) is 24.8 Å². The van der Waals surface area contributed by atoms with E-state index in [1.165, 1.54) is 12.1 Å². The van der Waals surface area contributed by atoms with E-state index in [-0.39, 0.29) is 17.8 Å². The topological polar surface area (TPSA) is 44.8 Å². The second-order valence-electron chi connectivity index (χ2n) is 6.49.